The summed E-state index contributed by atoms with van der Waals surface area (Å²) in [5.74, 6) is -10.0. The normalized spacial score (nSPS) is 17.8. The van der Waals surface area contributed by atoms with Crippen LogP contribution in [0.4, 0.5) is 8.78 Å². The molecule has 96 heavy (non-hydrogen) atoms. The van der Waals surface area contributed by atoms with Crippen molar-refractivity contribution in [3.63, 3.8) is 0 Å². The van der Waals surface area contributed by atoms with Gasteiger partial charge in [0.05, 0.1) is 82.4 Å². The van der Waals surface area contributed by atoms with E-state index in [1.807, 2.05) is 31.2 Å². The lowest BCUT2D eigenvalue weighted by Crippen LogP contribution is -2.58. The SMILES string of the molecule is COC(=O)C[C@H](NC(=O)[C@H](CCCCN=C(C)NC(=O)CCCc1ccc(C)cc1)NC(=O)CN1CCN(CC(=O)O)CCN(CC(=O)O)CCN(CC(=O)O)CC1)C(=O)N1CCN(CCCCOc2ccc3nccc(C(=O)NCC(=O)N4CC(F)(F)C[C@@H]4C#N)c3c2)CC1. The van der Waals surface area contributed by atoms with Gasteiger partial charge in [-0.1, -0.05) is 29.8 Å². The Morgan fingerprint density at radius 3 is 1.93 bits per heavy atom. The second-order valence-electron chi connectivity index (χ2n) is 24.3. The van der Waals surface area contributed by atoms with E-state index in [1.165, 1.54) is 12.3 Å². The average molecular weight is 1350 g/mol. The van der Waals surface area contributed by atoms with Crippen LogP contribution in [-0.4, -0.2) is 288 Å². The largest absolute Gasteiger partial charge is 0.494 e. The molecule has 3 aromatic rings. The first-order chi connectivity index (χ1) is 45.9. The predicted octanol–water partition coefficient (Wildman–Crippen LogP) is 1.07. The Bertz CT molecular complexity index is 3210. The highest BCUT2D eigenvalue weighted by molar-refractivity contribution is 6.07. The number of likely N-dealkylation sites (tertiary alicyclic amines) is 1. The van der Waals surface area contributed by atoms with E-state index in [4.69, 9.17) is 9.47 Å². The summed E-state index contributed by atoms with van der Waals surface area (Å²) in [5, 5.41) is 49.6. The molecule has 6 amide bonds. The van der Waals surface area contributed by atoms with Gasteiger partial charge in [0.1, 0.15) is 23.9 Å². The first kappa shape index (κ1) is 76.2. The molecule has 0 bridgehead atoms. The highest BCUT2D eigenvalue weighted by Gasteiger charge is 2.47. The number of benzene rings is 2. The lowest BCUT2D eigenvalue weighted by Gasteiger charge is -2.36. The molecule has 0 spiro atoms. The topological polar surface area (TPSA) is 370 Å². The van der Waals surface area contributed by atoms with Crippen molar-refractivity contribution in [2.24, 2.45) is 4.99 Å². The molecule has 1 aromatic heterocycles. The summed E-state index contributed by atoms with van der Waals surface area (Å²) in [6, 6.07) is 12.4. The summed E-state index contributed by atoms with van der Waals surface area (Å²) in [6.45, 7) is 4.60. The molecule has 0 aliphatic carbocycles. The number of amidine groups is 1. The number of halogens is 2. The highest BCUT2D eigenvalue weighted by atomic mass is 19.3. The van der Waals surface area contributed by atoms with Crippen molar-refractivity contribution >= 4 is 76.1 Å². The van der Waals surface area contributed by atoms with Crippen molar-refractivity contribution in [1.29, 1.82) is 5.26 Å². The minimum Gasteiger partial charge on any atom is -0.494 e. The highest BCUT2D eigenvalue weighted by Crippen LogP contribution is 2.32. The number of aliphatic carboxylic acids is 3. The van der Waals surface area contributed by atoms with Crippen LogP contribution < -0.4 is 26.0 Å². The van der Waals surface area contributed by atoms with Gasteiger partial charge in [0, 0.05) is 110 Å². The van der Waals surface area contributed by atoms with Crippen molar-refractivity contribution in [2.75, 3.05) is 145 Å². The summed E-state index contributed by atoms with van der Waals surface area (Å²) in [5.41, 5.74) is 2.92. The van der Waals surface area contributed by atoms with Crippen molar-refractivity contribution in [1.82, 2.24) is 60.6 Å². The first-order valence-electron chi connectivity index (χ1n) is 32.3. The zero-order chi connectivity index (χ0) is 69.7. The summed E-state index contributed by atoms with van der Waals surface area (Å²) in [7, 11) is 1.15. The number of methoxy groups -OCH3 is 1. The van der Waals surface area contributed by atoms with E-state index >= 15 is 0 Å². The third-order valence-electron chi connectivity index (χ3n) is 16.7. The van der Waals surface area contributed by atoms with Crippen LogP contribution >= 0.6 is 0 Å². The number of carboxylic acid groups (broad SMARTS) is 3. The van der Waals surface area contributed by atoms with Gasteiger partial charge in [-0.05, 0) is 95.2 Å². The number of piperazine rings is 1. The molecule has 31 heteroatoms. The summed E-state index contributed by atoms with van der Waals surface area (Å²) < 4.78 is 38.9. The number of esters is 1. The Labute approximate surface area is 556 Å². The van der Waals surface area contributed by atoms with E-state index < -0.39 is 103 Å². The van der Waals surface area contributed by atoms with Gasteiger partial charge in [-0.3, -0.25) is 82.4 Å². The molecule has 4 heterocycles. The monoisotopic (exact) mass is 1340 g/mol. The number of alkyl halides is 2. The molecule has 524 valence electrons. The van der Waals surface area contributed by atoms with Gasteiger partial charge >= 0.3 is 23.9 Å². The van der Waals surface area contributed by atoms with Crippen LogP contribution in [0, 0.1) is 18.3 Å². The van der Waals surface area contributed by atoms with Crippen LogP contribution in [0.15, 0.2) is 59.7 Å². The van der Waals surface area contributed by atoms with Gasteiger partial charge in [0.15, 0.2) is 0 Å². The van der Waals surface area contributed by atoms with Crippen LogP contribution in [0.5, 0.6) is 5.75 Å². The third kappa shape index (κ3) is 26.4. The lowest BCUT2D eigenvalue weighted by atomic mass is 10.1. The first-order valence-corrected chi connectivity index (χ1v) is 32.3. The molecule has 2 aromatic carbocycles. The Hall–Kier alpha value is -8.83. The number of carbonyl (C=O) groups excluding carboxylic acids is 7. The van der Waals surface area contributed by atoms with Crippen LogP contribution in [0.2, 0.25) is 0 Å². The van der Waals surface area contributed by atoms with Crippen LogP contribution in [0.3, 0.4) is 0 Å². The number of aryl methyl sites for hydroxylation is 2. The number of hydrogen-bond donors (Lipinski definition) is 7. The number of hydrogen-bond acceptors (Lipinski definition) is 20. The number of fused-ring (bicyclic) bond motifs is 1. The zero-order valence-electron chi connectivity index (χ0n) is 54.8. The van der Waals surface area contributed by atoms with Crippen LogP contribution in [0.25, 0.3) is 10.9 Å². The predicted molar refractivity (Wildman–Crippen MR) is 346 cm³/mol. The smallest absolute Gasteiger partial charge is 0.317 e. The second kappa shape index (κ2) is 38.7. The third-order valence-corrected chi connectivity index (χ3v) is 16.7. The molecule has 0 saturated carbocycles. The number of carboxylic acids is 3. The quantitative estimate of drug-likeness (QED) is 0.0199. The van der Waals surface area contributed by atoms with Gasteiger partial charge in [-0.15, -0.1) is 0 Å². The van der Waals surface area contributed by atoms with Crippen molar-refractivity contribution in [2.45, 2.75) is 102 Å². The molecule has 29 nitrogen and oxygen atoms in total. The number of ether oxygens (including phenoxy) is 2. The fourth-order valence-corrected chi connectivity index (χ4v) is 11.4. The number of carbonyl (C=O) groups is 10. The summed E-state index contributed by atoms with van der Waals surface area (Å²) in [6.07, 6.45) is 3.92. The molecule has 3 atom stereocenters. The van der Waals surface area contributed by atoms with Gasteiger partial charge in [-0.25, -0.2) is 8.78 Å². The Morgan fingerprint density at radius 1 is 0.729 bits per heavy atom. The van der Waals surface area contributed by atoms with Gasteiger partial charge < -0.3 is 55.9 Å². The number of nitriles is 1. The number of nitrogens with zero attached hydrogens (tertiary/aromatic N) is 10. The van der Waals surface area contributed by atoms with Crippen molar-refractivity contribution in [3.8, 4) is 11.8 Å². The standard InChI is InChI=1S/C65H90F2N14O15/c1-45-12-14-47(15-13-45)9-8-11-55(82)72-46(2)69-19-5-4-10-53(73-56(83)40-76-22-24-77(41-58(85)86)26-28-79(43-60(89)90)29-27-78(25-23-76)42-59(87)88)63(93)74-54(36-61(91)95-3)64(94)80-32-30-75(31-33-80)21-6-7-34-96-49-16-17-52-51(35-49)50(18-20-70-52)62(92)71-39-57(84)81-44-65(66,67)37-48(81)38-68/h12-18,20,35,48,53-54H,4-11,19,21-34,36-37,39-44H2,1-3H3,(H,71,92)(H,73,83)(H,74,93)(H,85,86)(H,87,88)(H,89,90)(H,69,72,82)/t48-,53+,54+/m1/s1. The minimum atomic E-state index is -3.20. The van der Waals surface area contributed by atoms with Crippen LogP contribution in [0.1, 0.15) is 86.2 Å². The average Bonchev–Trinajstić information content (AvgIpc) is 1.37. The van der Waals surface area contributed by atoms with E-state index in [9.17, 15) is 77.3 Å². The molecular formula is C65H90F2N14O15. The molecule has 7 N–H and O–H groups in total. The molecule has 0 unspecified atom stereocenters. The van der Waals surface area contributed by atoms with Gasteiger partial charge in [-0.2, -0.15) is 5.26 Å². The zero-order valence-corrected chi connectivity index (χ0v) is 54.8. The molecule has 3 fully saturated rings. The number of rotatable bonds is 32. The number of amides is 6. The van der Waals surface area contributed by atoms with Crippen molar-refractivity contribution < 1.29 is 81.5 Å². The lowest BCUT2D eigenvalue weighted by molar-refractivity contribution is -0.147. The Balaban J connectivity index is 1.05. The maximum atomic E-state index is 14.5. The fraction of sp³-hybridized carbons (Fsp3) is 0.585. The molecule has 3 aliphatic heterocycles. The summed E-state index contributed by atoms with van der Waals surface area (Å²) >= 11 is 0. The van der Waals surface area contributed by atoms with Crippen molar-refractivity contribution in [3.05, 3.63) is 71.4 Å². The maximum absolute atomic E-state index is 14.5. The number of aliphatic imine (C=N–C) groups is 1. The van der Waals surface area contributed by atoms with E-state index in [0.29, 0.717) is 87.3 Å². The number of unbranched alkanes of at least 4 members (excludes halogenated alkanes) is 2. The van der Waals surface area contributed by atoms with E-state index in [-0.39, 0.29) is 116 Å². The molecule has 3 saturated heterocycles. The fourth-order valence-electron chi connectivity index (χ4n) is 11.4. The van der Waals surface area contributed by atoms with Crippen LogP contribution in [-0.2, 0) is 54.3 Å². The molecule has 3 aliphatic rings. The Morgan fingerprint density at radius 2 is 1.33 bits per heavy atom. The van der Waals surface area contributed by atoms with E-state index in [0.717, 1.165) is 29.6 Å². The number of aromatic nitrogens is 1. The number of nitrogens with one attached hydrogen (secondary N) is 4. The maximum Gasteiger partial charge on any atom is 0.317 e. The number of pyridine rings is 1. The Kier molecular flexibility index (Phi) is 30.7. The molecule has 0 radical (unpaired) electrons. The van der Waals surface area contributed by atoms with Gasteiger partial charge in [0.25, 0.3) is 11.8 Å². The minimum absolute atomic E-state index is 0.0531. The molecule has 6 rings (SSSR count). The van der Waals surface area contributed by atoms with E-state index in [1.54, 1.807) is 55.7 Å². The van der Waals surface area contributed by atoms with Gasteiger partial charge in [0.2, 0.25) is 29.5 Å². The molecular weight excluding hydrogens is 1250 g/mol. The summed E-state index contributed by atoms with van der Waals surface area (Å²) in [4.78, 5) is 150. The second-order valence-corrected chi connectivity index (χ2v) is 24.3. The van der Waals surface area contributed by atoms with E-state index in [2.05, 4.69) is 36.1 Å².